The predicted octanol–water partition coefficient (Wildman–Crippen LogP) is 4.53. The molecule has 1 atom stereocenters. The molecule has 2 N–H and O–H groups in total. The highest BCUT2D eigenvalue weighted by molar-refractivity contribution is 7.98. The van der Waals surface area contributed by atoms with Crippen LogP contribution in [0.15, 0.2) is 59.6 Å². The molecular weight excluding hydrogens is 473 g/mol. The molecule has 34 heavy (non-hydrogen) atoms. The van der Waals surface area contributed by atoms with Crippen LogP contribution in [0.3, 0.4) is 0 Å². The van der Waals surface area contributed by atoms with E-state index in [4.69, 9.17) is 10.3 Å². The third kappa shape index (κ3) is 6.17. The molecule has 0 spiro atoms. The van der Waals surface area contributed by atoms with Crippen LogP contribution >= 0.6 is 7.37 Å². The van der Waals surface area contributed by atoms with Crippen LogP contribution in [0.25, 0.3) is 11.3 Å². The van der Waals surface area contributed by atoms with Gasteiger partial charge in [0.1, 0.15) is 11.2 Å². The van der Waals surface area contributed by atoms with Gasteiger partial charge in [-0.2, -0.15) is 0 Å². The van der Waals surface area contributed by atoms with E-state index in [1.807, 2.05) is 31.2 Å². The highest BCUT2D eigenvalue weighted by Gasteiger charge is 2.29. The van der Waals surface area contributed by atoms with E-state index in [1.54, 1.807) is 26.0 Å². The number of aromatic nitrogens is 2. The predicted molar refractivity (Wildman–Crippen MR) is 133 cm³/mol. The third-order valence-corrected chi connectivity index (χ3v) is 10.9. The second-order valence-corrected chi connectivity index (χ2v) is 13.1. The zero-order chi connectivity index (χ0) is 24.9. The van der Waals surface area contributed by atoms with E-state index in [0.717, 1.165) is 11.1 Å². The molecule has 0 aliphatic carbocycles. The van der Waals surface area contributed by atoms with Gasteiger partial charge in [-0.05, 0) is 31.5 Å². The second kappa shape index (κ2) is 10.6. The summed E-state index contributed by atoms with van der Waals surface area (Å²) in [5, 5.41) is 0. The number of sulfone groups is 1. The number of rotatable bonds is 10. The molecule has 180 valence electrons. The molecule has 1 unspecified atom stereocenters. The number of nitrogens with two attached hydrogens (primary N) is 1. The Hall–Kier alpha value is -2.87. The molecule has 0 aliphatic rings. The maximum absolute atomic E-state index is 12.9. The molecule has 1 aromatic heterocycles. The van der Waals surface area contributed by atoms with E-state index < -0.39 is 22.7 Å². The molecule has 1 heterocycles. The molecule has 0 aliphatic heterocycles. The van der Waals surface area contributed by atoms with E-state index >= 15 is 0 Å². The van der Waals surface area contributed by atoms with Gasteiger partial charge in [0.15, 0.2) is 21.4 Å². The fourth-order valence-electron chi connectivity index (χ4n) is 3.34. The molecule has 10 heteroatoms. The first-order valence-electron chi connectivity index (χ1n) is 10.8. The minimum Gasteiger partial charge on any atom is -0.382 e. The Morgan fingerprint density at radius 2 is 1.71 bits per heavy atom. The quantitative estimate of drug-likeness (QED) is 0.317. The summed E-state index contributed by atoms with van der Waals surface area (Å²) >= 11 is 0. The van der Waals surface area contributed by atoms with Crippen molar-refractivity contribution in [2.24, 2.45) is 0 Å². The summed E-state index contributed by atoms with van der Waals surface area (Å²) in [5.74, 6) is -0.298. The number of Topliss-reactive ketones (excluding diaryl/α,β-unsaturated/α-hetero) is 1. The van der Waals surface area contributed by atoms with Gasteiger partial charge in [-0.1, -0.05) is 48.9 Å². The fraction of sp³-hybridized carbons (Fsp3) is 0.292. The van der Waals surface area contributed by atoms with Crippen LogP contribution in [0.1, 0.15) is 35.5 Å². The normalized spacial score (nSPS) is 13.4. The molecule has 8 nitrogen and oxygen atoms in total. The number of benzene rings is 2. The van der Waals surface area contributed by atoms with Crippen molar-refractivity contribution in [3.63, 3.8) is 0 Å². The van der Waals surface area contributed by atoms with Gasteiger partial charge in [-0.25, -0.2) is 18.4 Å². The molecule has 3 rings (SSSR count). The van der Waals surface area contributed by atoms with E-state index in [1.165, 1.54) is 18.3 Å². The Kier molecular flexibility index (Phi) is 8.02. The van der Waals surface area contributed by atoms with Crippen LogP contribution in [0, 0.1) is 6.92 Å². The average Bonchev–Trinajstić information content (AvgIpc) is 2.80. The largest absolute Gasteiger partial charge is 0.382 e. The van der Waals surface area contributed by atoms with Gasteiger partial charge < -0.3 is 10.3 Å². The molecule has 0 amide bonds. The molecule has 0 fully saturated rings. The first kappa shape index (κ1) is 25.7. The summed E-state index contributed by atoms with van der Waals surface area (Å²) in [6, 6.07) is 13.6. The lowest BCUT2D eigenvalue weighted by Gasteiger charge is -2.16. The number of nitrogen functional groups attached to an aromatic ring is 1. The number of carbonyl (C=O) groups excluding carboxylic acids is 1. The average molecular weight is 502 g/mol. The minimum absolute atomic E-state index is 0.0248. The summed E-state index contributed by atoms with van der Waals surface area (Å²) in [7, 11) is -7.08. The summed E-state index contributed by atoms with van der Waals surface area (Å²) in [6.07, 6.45) is 1.63. The maximum Gasteiger partial charge on any atom is 0.217 e. The van der Waals surface area contributed by atoms with Crippen molar-refractivity contribution in [2.45, 2.75) is 32.1 Å². The van der Waals surface area contributed by atoms with Crippen LogP contribution in [-0.2, 0) is 25.3 Å². The molecule has 0 saturated heterocycles. The van der Waals surface area contributed by atoms with Crippen LogP contribution in [-0.4, -0.2) is 42.4 Å². The Labute approximate surface area is 200 Å². The van der Waals surface area contributed by atoms with Crippen molar-refractivity contribution in [1.82, 2.24) is 9.97 Å². The van der Waals surface area contributed by atoms with Crippen molar-refractivity contribution in [1.29, 1.82) is 0 Å². The van der Waals surface area contributed by atoms with Crippen molar-refractivity contribution in [3.8, 4) is 11.3 Å². The van der Waals surface area contributed by atoms with Crippen molar-refractivity contribution >= 4 is 28.8 Å². The zero-order valence-corrected chi connectivity index (χ0v) is 21.1. The summed E-state index contributed by atoms with van der Waals surface area (Å²) in [6.45, 7) is 5.47. The smallest absolute Gasteiger partial charge is 0.217 e. The summed E-state index contributed by atoms with van der Waals surface area (Å²) in [5.41, 5.74) is 8.47. The number of carbonyl (C=O) groups is 1. The van der Waals surface area contributed by atoms with Crippen LogP contribution < -0.4 is 5.73 Å². The summed E-state index contributed by atoms with van der Waals surface area (Å²) < 4.78 is 43.3. The standard InChI is InChI=1S/C24H28N3O5PS/c1-4-32-33(29,5-2)16-34(30,31)20-12-8-18(9-13-20)14-22(28)23-24(25)26-15-21(27-23)19-10-6-17(3)7-11-19/h6-13,15H,4-5,14,16H2,1-3H3,(H2,25,26). The lowest BCUT2D eigenvalue weighted by Crippen LogP contribution is -2.12. The topological polar surface area (TPSA) is 129 Å². The van der Waals surface area contributed by atoms with E-state index in [0.29, 0.717) is 11.3 Å². The molecule has 0 bridgehead atoms. The van der Waals surface area contributed by atoms with E-state index in [2.05, 4.69) is 9.97 Å². The highest BCUT2D eigenvalue weighted by Crippen LogP contribution is 2.48. The Morgan fingerprint density at radius 1 is 1.06 bits per heavy atom. The lowest BCUT2D eigenvalue weighted by atomic mass is 10.1. The lowest BCUT2D eigenvalue weighted by molar-refractivity contribution is 0.0989. The van der Waals surface area contributed by atoms with Gasteiger partial charge in [-0.15, -0.1) is 0 Å². The first-order valence-corrected chi connectivity index (χ1v) is 14.5. The van der Waals surface area contributed by atoms with Crippen molar-refractivity contribution in [2.75, 3.05) is 24.0 Å². The van der Waals surface area contributed by atoms with Gasteiger partial charge in [0.2, 0.25) is 7.37 Å². The zero-order valence-electron chi connectivity index (χ0n) is 19.4. The molecular formula is C24H28N3O5PS. The second-order valence-electron chi connectivity index (χ2n) is 7.89. The third-order valence-electron chi connectivity index (χ3n) is 5.27. The van der Waals surface area contributed by atoms with Crippen molar-refractivity contribution in [3.05, 3.63) is 71.5 Å². The first-order chi connectivity index (χ1) is 16.1. The number of nitrogens with zero attached hydrogens (tertiary/aromatic N) is 2. The van der Waals surface area contributed by atoms with Crippen LogP contribution in [0.2, 0.25) is 0 Å². The van der Waals surface area contributed by atoms with Gasteiger partial charge >= 0.3 is 0 Å². The number of anilines is 1. The van der Waals surface area contributed by atoms with E-state index in [-0.39, 0.29) is 41.4 Å². The molecule has 3 aromatic rings. The number of hydrogen-bond acceptors (Lipinski definition) is 8. The number of hydrogen-bond donors (Lipinski definition) is 1. The molecule has 0 radical (unpaired) electrons. The monoisotopic (exact) mass is 501 g/mol. The fourth-order valence-corrected chi connectivity index (χ4v) is 8.24. The Bertz CT molecular complexity index is 1320. The van der Waals surface area contributed by atoms with Gasteiger partial charge in [0, 0.05) is 18.1 Å². The minimum atomic E-state index is -3.81. The number of ketones is 1. The summed E-state index contributed by atoms with van der Waals surface area (Å²) in [4.78, 5) is 21.5. The van der Waals surface area contributed by atoms with Gasteiger partial charge in [-0.3, -0.25) is 9.36 Å². The molecule has 2 aromatic carbocycles. The van der Waals surface area contributed by atoms with Crippen LogP contribution in [0.4, 0.5) is 5.82 Å². The molecule has 0 saturated carbocycles. The van der Waals surface area contributed by atoms with Gasteiger partial charge in [0.05, 0.1) is 23.4 Å². The Balaban J connectivity index is 1.78. The maximum atomic E-state index is 12.9. The number of aryl methyl sites for hydroxylation is 1. The Morgan fingerprint density at radius 3 is 2.29 bits per heavy atom. The highest BCUT2D eigenvalue weighted by atomic mass is 32.2. The van der Waals surface area contributed by atoms with E-state index in [9.17, 15) is 17.8 Å². The van der Waals surface area contributed by atoms with Gasteiger partial charge in [0.25, 0.3) is 0 Å². The van der Waals surface area contributed by atoms with Crippen molar-refractivity contribution < 1.29 is 22.3 Å². The SMILES string of the molecule is CCOP(=O)(CC)CS(=O)(=O)c1ccc(CC(=O)c2nc(-c3ccc(C)cc3)cnc2N)cc1. The van der Waals surface area contributed by atoms with Crippen LogP contribution in [0.5, 0.6) is 0 Å².